The van der Waals surface area contributed by atoms with E-state index < -0.39 is 17.3 Å². The van der Waals surface area contributed by atoms with Crippen LogP contribution in [0.2, 0.25) is 5.02 Å². The lowest BCUT2D eigenvalue weighted by atomic mass is 10.2. The number of hydrogen-bond acceptors (Lipinski definition) is 6. The Morgan fingerprint density at radius 1 is 1.16 bits per heavy atom. The first-order valence-electron chi connectivity index (χ1n) is 9.13. The van der Waals surface area contributed by atoms with E-state index in [-0.39, 0.29) is 17.5 Å². The Morgan fingerprint density at radius 3 is 2.58 bits per heavy atom. The maximum absolute atomic E-state index is 13.5. The average Bonchev–Trinajstić information content (AvgIpc) is 2.71. The number of nitrogens with zero attached hydrogens (tertiary/aromatic N) is 2. The third-order valence-electron chi connectivity index (χ3n) is 4.27. The van der Waals surface area contributed by atoms with Gasteiger partial charge in [-0.2, -0.15) is 0 Å². The highest BCUT2D eigenvalue weighted by Gasteiger charge is 2.16. The van der Waals surface area contributed by atoms with E-state index in [1.165, 1.54) is 50.6 Å². The van der Waals surface area contributed by atoms with Crippen molar-refractivity contribution in [3.05, 3.63) is 69.4 Å². The van der Waals surface area contributed by atoms with Gasteiger partial charge in [0.1, 0.15) is 23.9 Å². The van der Waals surface area contributed by atoms with Gasteiger partial charge in [-0.3, -0.25) is 14.2 Å². The van der Waals surface area contributed by atoms with Gasteiger partial charge >= 0.3 is 0 Å². The van der Waals surface area contributed by atoms with E-state index in [4.69, 9.17) is 21.1 Å². The molecule has 2 aromatic carbocycles. The quantitative estimate of drug-likeness (QED) is 0.574. The second kappa shape index (κ2) is 9.48. The van der Waals surface area contributed by atoms with E-state index in [1.807, 2.05) is 0 Å². The van der Waals surface area contributed by atoms with E-state index >= 15 is 0 Å². The number of nitrogens with one attached hydrogen (secondary N) is 2. The molecule has 3 aromatic rings. The SMILES string of the molecule is COc1cc(OC)c(NC(=O)Cn2c(Nc3cccc(F)c3)nc(C)cc2=O)cc1Cl. The van der Waals surface area contributed by atoms with Crippen LogP contribution in [-0.4, -0.2) is 29.7 Å². The third kappa shape index (κ3) is 5.32. The Hall–Kier alpha value is -3.59. The summed E-state index contributed by atoms with van der Waals surface area (Å²) in [6, 6.07) is 10.0. The molecule has 3 rings (SSSR count). The van der Waals surface area contributed by atoms with Crippen LogP contribution in [0.5, 0.6) is 11.5 Å². The van der Waals surface area contributed by atoms with Crippen molar-refractivity contribution in [1.29, 1.82) is 0 Å². The topological polar surface area (TPSA) is 94.5 Å². The summed E-state index contributed by atoms with van der Waals surface area (Å²) in [5.41, 5.74) is 0.701. The van der Waals surface area contributed by atoms with Gasteiger partial charge in [0.05, 0.1) is 24.9 Å². The van der Waals surface area contributed by atoms with E-state index in [9.17, 15) is 14.0 Å². The minimum Gasteiger partial charge on any atom is -0.495 e. The number of carbonyl (C=O) groups is 1. The fourth-order valence-electron chi connectivity index (χ4n) is 2.86. The van der Waals surface area contributed by atoms with Crippen molar-refractivity contribution < 1.29 is 18.7 Å². The molecule has 8 nitrogen and oxygen atoms in total. The molecule has 162 valence electrons. The molecule has 1 heterocycles. The van der Waals surface area contributed by atoms with Crippen molar-refractivity contribution in [3.63, 3.8) is 0 Å². The summed E-state index contributed by atoms with van der Waals surface area (Å²) in [7, 11) is 2.90. The molecule has 1 amide bonds. The number of methoxy groups -OCH3 is 2. The van der Waals surface area contributed by atoms with Crippen LogP contribution in [0.15, 0.2) is 47.3 Å². The zero-order chi connectivity index (χ0) is 22.5. The Balaban J connectivity index is 1.88. The average molecular weight is 447 g/mol. The van der Waals surface area contributed by atoms with Crippen LogP contribution < -0.4 is 25.7 Å². The monoisotopic (exact) mass is 446 g/mol. The third-order valence-corrected chi connectivity index (χ3v) is 4.56. The first-order chi connectivity index (χ1) is 14.8. The molecule has 31 heavy (non-hydrogen) atoms. The molecular formula is C21H20ClFN4O4. The van der Waals surface area contributed by atoms with Crippen LogP contribution in [-0.2, 0) is 11.3 Å². The highest BCUT2D eigenvalue weighted by atomic mass is 35.5. The summed E-state index contributed by atoms with van der Waals surface area (Å²) >= 11 is 6.14. The van der Waals surface area contributed by atoms with Crippen molar-refractivity contribution in [2.45, 2.75) is 13.5 Å². The number of hydrogen-bond donors (Lipinski definition) is 2. The predicted octanol–water partition coefficient (Wildman–Crippen LogP) is 3.74. The van der Waals surface area contributed by atoms with Crippen LogP contribution in [0.25, 0.3) is 0 Å². The molecule has 0 unspecified atom stereocenters. The van der Waals surface area contributed by atoms with Gasteiger partial charge in [-0.05, 0) is 31.2 Å². The minimum atomic E-state index is -0.519. The first-order valence-corrected chi connectivity index (χ1v) is 9.51. The summed E-state index contributed by atoms with van der Waals surface area (Å²) in [4.78, 5) is 29.5. The molecule has 0 fully saturated rings. The van der Waals surface area contributed by atoms with Gasteiger partial charge in [0.2, 0.25) is 11.9 Å². The van der Waals surface area contributed by atoms with E-state index in [0.29, 0.717) is 28.6 Å². The van der Waals surface area contributed by atoms with Gasteiger partial charge < -0.3 is 20.1 Å². The summed E-state index contributed by atoms with van der Waals surface area (Å²) < 4.78 is 25.1. The summed E-state index contributed by atoms with van der Waals surface area (Å²) in [5.74, 6) is -0.146. The number of amides is 1. The number of aromatic nitrogens is 2. The van der Waals surface area contributed by atoms with Crippen LogP contribution in [0.3, 0.4) is 0 Å². The Kier molecular flexibility index (Phi) is 6.76. The molecule has 0 aliphatic rings. The first kappa shape index (κ1) is 22.1. The molecule has 0 bridgehead atoms. The maximum atomic E-state index is 13.5. The molecule has 1 aromatic heterocycles. The van der Waals surface area contributed by atoms with Crippen LogP contribution in [0.1, 0.15) is 5.69 Å². The van der Waals surface area contributed by atoms with Gasteiger partial charge in [0.15, 0.2) is 0 Å². The predicted molar refractivity (Wildman–Crippen MR) is 116 cm³/mol. The largest absolute Gasteiger partial charge is 0.495 e. The van der Waals surface area contributed by atoms with Gasteiger partial charge in [-0.15, -0.1) is 0 Å². The van der Waals surface area contributed by atoms with Crippen molar-refractivity contribution in [2.24, 2.45) is 0 Å². The van der Waals surface area contributed by atoms with E-state index in [1.54, 1.807) is 13.0 Å². The van der Waals surface area contributed by atoms with Gasteiger partial charge in [0.25, 0.3) is 5.56 Å². The molecule has 0 saturated carbocycles. The summed E-state index contributed by atoms with van der Waals surface area (Å²) in [6.45, 7) is 1.29. The van der Waals surface area contributed by atoms with Crippen LogP contribution in [0.4, 0.5) is 21.7 Å². The molecule has 0 radical (unpaired) electrons. The smallest absolute Gasteiger partial charge is 0.255 e. The number of anilines is 3. The second-order valence-corrected chi connectivity index (χ2v) is 6.92. The fraction of sp³-hybridized carbons (Fsp3) is 0.190. The van der Waals surface area contributed by atoms with Crippen LogP contribution >= 0.6 is 11.6 Å². The number of carbonyl (C=O) groups excluding carboxylic acids is 1. The molecule has 0 atom stereocenters. The van der Waals surface area contributed by atoms with Crippen molar-refractivity contribution >= 4 is 34.8 Å². The Labute approximate surface area is 182 Å². The second-order valence-electron chi connectivity index (χ2n) is 6.52. The number of benzene rings is 2. The van der Waals surface area contributed by atoms with Crippen molar-refractivity contribution in [3.8, 4) is 11.5 Å². The number of rotatable bonds is 7. The lowest BCUT2D eigenvalue weighted by Crippen LogP contribution is -2.30. The van der Waals surface area contributed by atoms with Gasteiger partial charge in [-0.25, -0.2) is 9.37 Å². The highest BCUT2D eigenvalue weighted by molar-refractivity contribution is 6.32. The van der Waals surface area contributed by atoms with Crippen LogP contribution in [0, 0.1) is 12.7 Å². The lowest BCUT2D eigenvalue weighted by molar-refractivity contribution is -0.116. The molecule has 0 spiro atoms. The zero-order valence-electron chi connectivity index (χ0n) is 17.0. The maximum Gasteiger partial charge on any atom is 0.255 e. The highest BCUT2D eigenvalue weighted by Crippen LogP contribution is 2.35. The summed E-state index contributed by atoms with van der Waals surface area (Å²) in [5, 5.41) is 5.82. The van der Waals surface area contributed by atoms with Crippen molar-refractivity contribution in [1.82, 2.24) is 9.55 Å². The standard InChI is InChI=1S/C21H20ClFN4O4/c1-12-7-20(29)27(21(24-12)25-14-6-4-5-13(23)8-14)11-19(28)26-16-9-15(22)17(30-2)10-18(16)31-3/h4-10H,11H2,1-3H3,(H,24,25)(H,26,28). The molecule has 10 heteroatoms. The van der Waals surface area contributed by atoms with Gasteiger partial charge in [0, 0.05) is 23.5 Å². The van der Waals surface area contributed by atoms with Crippen molar-refractivity contribution in [2.75, 3.05) is 24.9 Å². The zero-order valence-corrected chi connectivity index (χ0v) is 17.8. The molecule has 0 aliphatic carbocycles. The normalized spacial score (nSPS) is 10.5. The Morgan fingerprint density at radius 2 is 1.90 bits per heavy atom. The van der Waals surface area contributed by atoms with E-state index in [0.717, 1.165) is 4.57 Å². The molecule has 0 saturated heterocycles. The summed E-state index contributed by atoms with van der Waals surface area (Å²) in [6.07, 6.45) is 0. The molecule has 0 aliphatic heterocycles. The Bertz CT molecular complexity index is 1180. The number of aryl methyl sites for hydroxylation is 1. The van der Waals surface area contributed by atoms with Gasteiger partial charge in [-0.1, -0.05) is 17.7 Å². The van der Waals surface area contributed by atoms with E-state index in [2.05, 4.69) is 15.6 Å². The molecular weight excluding hydrogens is 427 g/mol. The number of ether oxygens (including phenoxy) is 2. The molecule has 2 N–H and O–H groups in total. The fourth-order valence-corrected chi connectivity index (χ4v) is 3.10. The number of halogens is 2. The minimum absolute atomic E-state index is 0.102. The lowest BCUT2D eigenvalue weighted by Gasteiger charge is -2.16.